The van der Waals surface area contributed by atoms with Crippen LogP contribution in [0.5, 0.6) is 5.75 Å². The predicted molar refractivity (Wildman–Crippen MR) is 78.5 cm³/mol. The molecule has 1 aliphatic rings. The molecule has 0 bridgehead atoms. The van der Waals surface area contributed by atoms with Crippen LogP contribution in [0.15, 0.2) is 23.1 Å². The van der Waals surface area contributed by atoms with Crippen molar-refractivity contribution in [3.05, 3.63) is 23.8 Å². The summed E-state index contributed by atoms with van der Waals surface area (Å²) in [6.45, 7) is 3.87. The Bertz CT molecular complexity index is 572. The van der Waals surface area contributed by atoms with Crippen molar-refractivity contribution in [1.29, 1.82) is 0 Å². The number of nitrogens with zero attached hydrogens (tertiary/aromatic N) is 1. The van der Waals surface area contributed by atoms with Crippen LogP contribution in [0.1, 0.15) is 12.0 Å². The third kappa shape index (κ3) is 2.97. The Labute approximate surface area is 121 Å². The first-order chi connectivity index (χ1) is 9.48. The molecule has 1 aliphatic heterocycles. The van der Waals surface area contributed by atoms with Crippen molar-refractivity contribution in [2.75, 3.05) is 33.8 Å². The molecule has 1 fully saturated rings. The first kappa shape index (κ1) is 15.3. The van der Waals surface area contributed by atoms with Gasteiger partial charge in [-0.2, -0.15) is 4.31 Å². The van der Waals surface area contributed by atoms with Gasteiger partial charge in [0.25, 0.3) is 0 Å². The first-order valence-corrected chi connectivity index (χ1v) is 8.22. The number of benzene rings is 1. The van der Waals surface area contributed by atoms with Crippen LogP contribution < -0.4 is 10.1 Å². The minimum absolute atomic E-state index is 0.269. The van der Waals surface area contributed by atoms with E-state index in [2.05, 4.69) is 5.32 Å². The third-order valence-electron chi connectivity index (χ3n) is 3.68. The largest absolute Gasteiger partial charge is 0.495 e. The second kappa shape index (κ2) is 6.11. The maximum Gasteiger partial charge on any atom is 0.246 e. The first-order valence-electron chi connectivity index (χ1n) is 6.78. The molecule has 0 aliphatic carbocycles. The van der Waals surface area contributed by atoms with E-state index in [1.54, 1.807) is 16.4 Å². The summed E-state index contributed by atoms with van der Waals surface area (Å²) in [5.41, 5.74) is 0.912. The van der Waals surface area contributed by atoms with E-state index in [1.165, 1.54) is 7.11 Å². The summed E-state index contributed by atoms with van der Waals surface area (Å²) in [6.07, 6.45) is 0.897. The summed E-state index contributed by atoms with van der Waals surface area (Å²) >= 11 is 0. The van der Waals surface area contributed by atoms with Gasteiger partial charge in [0.05, 0.1) is 7.11 Å². The SMILES string of the molecule is CNC[C@@H]1CCN(S(=O)(=O)c2cc(C)ccc2OC)C1. The molecule has 0 radical (unpaired) electrons. The third-order valence-corrected chi connectivity index (χ3v) is 5.56. The number of hydrogen-bond donors (Lipinski definition) is 1. The van der Waals surface area contributed by atoms with Crippen LogP contribution in [-0.2, 0) is 10.0 Å². The maximum atomic E-state index is 12.7. The van der Waals surface area contributed by atoms with E-state index in [-0.39, 0.29) is 4.90 Å². The van der Waals surface area contributed by atoms with Crippen LogP contribution in [0.25, 0.3) is 0 Å². The van der Waals surface area contributed by atoms with Crippen LogP contribution in [0, 0.1) is 12.8 Å². The molecule has 1 aromatic carbocycles. The van der Waals surface area contributed by atoms with E-state index >= 15 is 0 Å². The van der Waals surface area contributed by atoms with Gasteiger partial charge in [-0.15, -0.1) is 0 Å². The Morgan fingerprint density at radius 1 is 1.45 bits per heavy atom. The lowest BCUT2D eigenvalue weighted by molar-refractivity contribution is 0.396. The molecular formula is C14H22N2O3S. The van der Waals surface area contributed by atoms with Crippen molar-refractivity contribution in [2.24, 2.45) is 5.92 Å². The van der Waals surface area contributed by atoms with E-state index in [1.807, 2.05) is 20.0 Å². The minimum atomic E-state index is -3.47. The highest BCUT2D eigenvalue weighted by molar-refractivity contribution is 7.89. The predicted octanol–water partition coefficient (Wildman–Crippen LogP) is 1.23. The highest BCUT2D eigenvalue weighted by Gasteiger charge is 2.33. The normalized spacial score (nSPS) is 20.2. The molecule has 20 heavy (non-hydrogen) atoms. The molecule has 6 heteroatoms. The van der Waals surface area contributed by atoms with Gasteiger partial charge in [-0.25, -0.2) is 8.42 Å². The molecule has 1 aromatic rings. The van der Waals surface area contributed by atoms with Gasteiger partial charge in [0.1, 0.15) is 10.6 Å². The molecule has 1 atom stereocenters. The molecule has 0 unspecified atom stereocenters. The molecule has 1 heterocycles. The van der Waals surface area contributed by atoms with Crippen LogP contribution in [0.2, 0.25) is 0 Å². The summed E-state index contributed by atoms with van der Waals surface area (Å²) in [7, 11) is -0.0875. The Balaban J connectivity index is 2.29. The number of hydrogen-bond acceptors (Lipinski definition) is 4. The zero-order valence-corrected chi connectivity index (χ0v) is 13.0. The van der Waals surface area contributed by atoms with Gasteiger partial charge in [-0.1, -0.05) is 6.07 Å². The van der Waals surface area contributed by atoms with E-state index in [0.29, 0.717) is 24.8 Å². The molecule has 0 saturated carbocycles. The Morgan fingerprint density at radius 3 is 2.85 bits per heavy atom. The smallest absolute Gasteiger partial charge is 0.246 e. The van der Waals surface area contributed by atoms with Crippen molar-refractivity contribution < 1.29 is 13.2 Å². The van der Waals surface area contributed by atoms with E-state index < -0.39 is 10.0 Å². The van der Waals surface area contributed by atoms with Crippen molar-refractivity contribution in [3.63, 3.8) is 0 Å². The second-order valence-electron chi connectivity index (χ2n) is 5.23. The maximum absolute atomic E-state index is 12.7. The van der Waals surface area contributed by atoms with E-state index in [0.717, 1.165) is 18.5 Å². The quantitative estimate of drug-likeness (QED) is 0.888. The lowest BCUT2D eigenvalue weighted by Gasteiger charge is -2.18. The fourth-order valence-corrected chi connectivity index (χ4v) is 4.37. The summed E-state index contributed by atoms with van der Waals surface area (Å²) in [5, 5.41) is 3.11. The molecule has 0 spiro atoms. The van der Waals surface area contributed by atoms with E-state index in [4.69, 9.17) is 4.74 Å². The van der Waals surface area contributed by atoms with Gasteiger partial charge in [-0.3, -0.25) is 0 Å². The summed E-state index contributed by atoms with van der Waals surface area (Å²) < 4.78 is 32.2. The fraction of sp³-hybridized carbons (Fsp3) is 0.571. The van der Waals surface area contributed by atoms with Crippen molar-refractivity contribution >= 4 is 10.0 Å². The number of nitrogens with one attached hydrogen (secondary N) is 1. The van der Waals surface area contributed by atoms with Crippen molar-refractivity contribution in [2.45, 2.75) is 18.2 Å². The van der Waals surface area contributed by atoms with Crippen molar-refractivity contribution in [3.8, 4) is 5.75 Å². The Kier molecular flexibility index (Phi) is 4.67. The average Bonchev–Trinajstić information content (AvgIpc) is 2.88. The number of ether oxygens (including phenoxy) is 1. The van der Waals surface area contributed by atoms with Crippen LogP contribution in [0.3, 0.4) is 0 Å². The second-order valence-corrected chi connectivity index (χ2v) is 7.14. The van der Waals surface area contributed by atoms with Gasteiger partial charge in [0.2, 0.25) is 10.0 Å². The summed E-state index contributed by atoms with van der Waals surface area (Å²) in [4.78, 5) is 0.269. The molecule has 0 amide bonds. The molecule has 2 rings (SSSR count). The monoisotopic (exact) mass is 298 g/mol. The highest BCUT2D eigenvalue weighted by Crippen LogP contribution is 2.30. The summed E-state index contributed by atoms with van der Waals surface area (Å²) in [5.74, 6) is 0.790. The lowest BCUT2D eigenvalue weighted by Crippen LogP contribution is -2.30. The standard InChI is InChI=1S/C14H22N2O3S/c1-11-4-5-13(19-3)14(8-11)20(17,18)16-7-6-12(10-16)9-15-2/h4-5,8,12,15H,6-7,9-10H2,1-3H3/t12-/m0/s1. The van der Waals surface area contributed by atoms with Gasteiger partial charge < -0.3 is 10.1 Å². The lowest BCUT2D eigenvalue weighted by atomic mass is 10.1. The fourth-order valence-electron chi connectivity index (χ4n) is 2.60. The zero-order chi connectivity index (χ0) is 14.8. The molecule has 1 N–H and O–H groups in total. The molecular weight excluding hydrogens is 276 g/mol. The number of rotatable bonds is 5. The zero-order valence-electron chi connectivity index (χ0n) is 12.2. The molecule has 1 saturated heterocycles. The molecule has 5 nitrogen and oxygen atoms in total. The van der Waals surface area contributed by atoms with Crippen LogP contribution >= 0.6 is 0 Å². The topological polar surface area (TPSA) is 58.6 Å². The summed E-state index contributed by atoms with van der Waals surface area (Å²) in [6, 6.07) is 5.24. The minimum Gasteiger partial charge on any atom is -0.495 e. The molecule has 0 aromatic heterocycles. The van der Waals surface area contributed by atoms with Gasteiger partial charge in [0.15, 0.2) is 0 Å². The van der Waals surface area contributed by atoms with Gasteiger partial charge >= 0.3 is 0 Å². The Morgan fingerprint density at radius 2 is 2.20 bits per heavy atom. The highest BCUT2D eigenvalue weighted by atomic mass is 32.2. The van der Waals surface area contributed by atoms with Gasteiger partial charge in [0, 0.05) is 13.1 Å². The van der Waals surface area contributed by atoms with Gasteiger partial charge in [-0.05, 0) is 50.6 Å². The van der Waals surface area contributed by atoms with Crippen molar-refractivity contribution in [1.82, 2.24) is 9.62 Å². The van der Waals surface area contributed by atoms with Crippen LogP contribution in [-0.4, -0.2) is 46.5 Å². The van der Waals surface area contributed by atoms with Crippen LogP contribution in [0.4, 0.5) is 0 Å². The van der Waals surface area contributed by atoms with E-state index in [9.17, 15) is 8.42 Å². The number of aryl methyl sites for hydroxylation is 1. The number of sulfonamides is 1. The Hall–Kier alpha value is -1.11. The number of methoxy groups -OCH3 is 1. The average molecular weight is 298 g/mol. The molecule has 112 valence electrons.